The van der Waals surface area contributed by atoms with Gasteiger partial charge in [0.15, 0.2) is 0 Å². The first-order valence-electron chi connectivity index (χ1n) is 5.57. The van der Waals surface area contributed by atoms with Gasteiger partial charge in [-0.2, -0.15) is 0 Å². The Bertz CT molecular complexity index is 443. The van der Waals surface area contributed by atoms with Crippen LogP contribution in [0.15, 0.2) is 18.2 Å². The third-order valence-electron chi connectivity index (χ3n) is 1.98. The van der Waals surface area contributed by atoms with Crippen LogP contribution in [0.2, 0.25) is 0 Å². The van der Waals surface area contributed by atoms with Crippen LogP contribution in [-0.4, -0.2) is 25.5 Å². The fraction of sp³-hybridized carbons (Fsp3) is 0.417. The number of carbonyl (C=O) groups is 1. The van der Waals surface area contributed by atoms with Gasteiger partial charge in [0.2, 0.25) is 0 Å². The molecule has 0 amide bonds. The summed E-state index contributed by atoms with van der Waals surface area (Å²) in [5.41, 5.74) is 0.0539. The monoisotopic (exact) mass is 278 g/mol. The molecular formula is C12H13F3O4. The Morgan fingerprint density at radius 3 is 2.42 bits per heavy atom. The first-order valence-corrected chi connectivity index (χ1v) is 5.57. The molecule has 0 unspecified atom stereocenters. The van der Waals surface area contributed by atoms with Crippen LogP contribution < -0.4 is 9.47 Å². The van der Waals surface area contributed by atoms with Crippen LogP contribution in [0.4, 0.5) is 13.2 Å². The first-order chi connectivity index (χ1) is 8.87. The second-order valence-electron chi connectivity index (χ2n) is 3.36. The van der Waals surface area contributed by atoms with Crippen LogP contribution in [0.5, 0.6) is 11.5 Å². The van der Waals surface area contributed by atoms with Crippen molar-refractivity contribution in [2.45, 2.75) is 20.2 Å². The fourth-order valence-electron chi connectivity index (χ4n) is 1.35. The molecule has 0 bridgehead atoms. The summed E-state index contributed by atoms with van der Waals surface area (Å²) < 4.78 is 49.9. The Hall–Kier alpha value is -1.92. The van der Waals surface area contributed by atoms with Crippen molar-refractivity contribution in [3.63, 3.8) is 0 Å². The van der Waals surface area contributed by atoms with Crippen molar-refractivity contribution in [1.82, 2.24) is 0 Å². The highest BCUT2D eigenvalue weighted by Gasteiger charge is 2.31. The third kappa shape index (κ3) is 4.69. The van der Waals surface area contributed by atoms with Gasteiger partial charge in [-0.25, -0.2) is 4.79 Å². The molecular weight excluding hydrogens is 265 g/mol. The lowest BCUT2D eigenvalue weighted by molar-refractivity contribution is -0.274. The molecule has 0 heterocycles. The molecule has 0 saturated carbocycles. The van der Waals surface area contributed by atoms with Crippen molar-refractivity contribution >= 4 is 5.97 Å². The van der Waals surface area contributed by atoms with E-state index < -0.39 is 18.1 Å². The average Bonchev–Trinajstić information content (AvgIpc) is 2.27. The molecule has 0 aromatic heterocycles. The van der Waals surface area contributed by atoms with Gasteiger partial charge in [0.05, 0.1) is 13.2 Å². The maximum Gasteiger partial charge on any atom is 0.573 e. The summed E-state index contributed by atoms with van der Waals surface area (Å²) in [6.07, 6.45) is -4.80. The van der Waals surface area contributed by atoms with E-state index in [0.29, 0.717) is 0 Å². The van der Waals surface area contributed by atoms with Gasteiger partial charge in [0.25, 0.3) is 0 Å². The number of alkyl halides is 3. The van der Waals surface area contributed by atoms with Crippen LogP contribution in [0.1, 0.15) is 24.2 Å². The number of hydrogen-bond donors (Lipinski definition) is 0. The lowest BCUT2D eigenvalue weighted by atomic mass is 10.2. The fourth-order valence-corrected chi connectivity index (χ4v) is 1.35. The van der Waals surface area contributed by atoms with E-state index in [-0.39, 0.29) is 24.5 Å². The van der Waals surface area contributed by atoms with Gasteiger partial charge in [0, 0.05) is 6.07 Å². The zero-order valence-corrected chi connectivity index (χ0v) is 10.4. The predicted octanol–water partition coefficient (Wildman–Crippen LogP) is 3.16. The molecule has 0 N–H and O–H groups in total. The van der Waals surface area contributed by atoms with E-state index in [1.807, 2.05) is 0 Å². The second-order valence-corrected chi connectivity index (χ2v) is 3.36. The Morgan fingerprint density at radius 2 is 1.89 bits per heavy atom. The Balaban J connectivity index is 3.03. The minimum atomic E-state index is -4.80. The van der Waals surface area contributed by atoms with E-state index in [9.17, 15) is 18.0 Å². The van der Waals surface area contributed by atoms with E-state index in [1.54, 1.807) is 13.8 Å². The Morgan fingerprint density at radius 1 is 1.21 bits per heavy atom. The van der Waals surface area contributed by atoms with Gasteiger partial charge < -0.3 is 14.2 Å². The molecule has 0 radical (unpaired) electrons. The molecule has 106 valence electrons. The number of benzene rings is 1. The van der Waals surface area contributed by atoms with Crippen molar-refractivity contribution in [2.24, 2.45) is 0 Å². The minimum Gasteiger partial charge on any atom is -0.493 e. The maximum atomic E-state index is 12.1. The smallest absolute Gasteiger partial charge is 0.493 e. The van der Waals surface area contributed by atoms with Gasteiger partial charge in [-0.15, -0.1) is 13.2 Å². The topological polar surface area (TPSA) is 44.8 Å². The molecule has 7 heteroatoms. The SMILES string of the molecule is CCOC(=O)c1ccc(OC(F)(F)F)cc1OCC. The molecule has 0 aliphatic rings. The largest absolute Gasteiger partial charge is 0.573 e. The van der Waals surface area contributed by atoms with E-state index in [2.05, 4.69) is 4.74 Å². The highest BCUT2D eigenvalue weighted by molar-refractivity contribution is 5.92. The van der Waals surface area contributed by atoms with Gasteiger partial charge in [-0.3, -0.25) is 0 Å². The van der Waals surface area contributed by atoms with Gasteiger partial charge >= 0.3 is 12.3 Å². The van der Waals surface area contributed by atoms with Crippen LogP contribution >= 0.6 is 0 Å². The summed E-state index contributed by atoms with van der Waals surface area (Å²) >= 11 is 0. The summed E-state index contributed by atoms with van der Waals surface area (Å²) in [6, 6.07) is 3.20. The molecule has 0 aliphatic heterocycles. The van der Waals surface area contributed by atoms with Gasteiger partial charge in [-0.05, 0) is 26.0 Å². The minimum absolute atomic E-state index is 0.0114. The van der Waals surface area contributed by atoms with Crippen molar-refractivity contribution in [2.75, 3.05) is 13.2 Å². The molecule has 0 saturated heterocycles. The molecule has 1 rings (SSSR count). The molecule has 1 aromatic carbocycles. The van der Waals surface area contributed by atoms with E-state index >= 15 is 0 Å². The molecule has 0 spiro atoms. The van der Waals surface area contributed by atoms with Crippen molar-refractivity contribution in [1.29, 1.82) is 0 Å². The van der Waals surface area contributed by atoms with Crippen LogP contribution in [-0.2, 0) is 4.74 Å². The number of halogens is 3. The standard InChI is InChI=1S/C12H13F3O4/c1-3-17-10-7-8(19-12(13,14)15)5-6-9(10)11(16)18-4-2/h5-7H,3-4H2,1-2H3. The van der Waals surface area contributed by atoms with Crippen molar-refractivity contribution in [3.05, 3.63) is 23.8 Å². The number of rotatable bonds is 5. The first kappa shape index (κ1) is 15.1. The lowest BCUT2D eigenvalue weighted by Gasteiger charge is -2.13. The predicted molar refractivity (Wildman–Crippen MR) is 60.3 cm³/mol. The van der Waals surface area contributed by atoms with Crippen molar-refractivity contribution < 1.29 is 32.2 Å². The third-order valence-corrected chi connectivity index (χ3v) is 1.98. The van der Waals surface area contributed by atoms with E-state index in [0.717, 1.165) is 12.1 Å². The highest BCUT2D eigenvalue weighted by Crippen LogP contribution is 2.29. The summed E-state index contributed by atoms with van der Waals surface area (Å²) in [5.74, 6) is -1.13. The zero-order chi connectivity index (χ0) is 14.5. The average molecular weight is 278 g/mol. The van der Waals surface area contributed by atoms with Crippen LogP contribution in [0.3, 0.4) is 0 Å². The molecule has 0 atom stereocenters. The Labute approximate surface area is 108 Å². The van der Waals surface area contributed by atoms with Crippen LogP contribution in [0.25, 0.3) is 0 Å². The van der Waals surface area contributed by atoms with Gasteiger partial charge in [0.1, 0.15) is 17.1 Å². The van der Waals surface area contributed by atoms with E-state index in [4.69, 9.17) is 9.47 Å². The summed E-state index contributed by atoms with van der Waals surface area (Å²) in [4.78, 5) is 11.6. The van der Waals surface area contributed by atoms with E-state index in [1.165, 1.54) is 6.07 Å². The number of carbonyl (C=O) groups excluding carboxylic acids is 1. The van der Waals surface area contributed by atoms with Gasteiger partial charge in [-0.1, -0.05) is 0 Å². The summed E-state index contributed by atoms with van der Waals surface area (Å²) in [7, 11) is 0. The number of ether oxygens (including phenoxy) is 3. The highest BCUT2D eigenvalue weighted by atomic mass is 19.4. The second kappa shape index (κ2) is 6.31. The number of hydrogen-bond acceptors (Lipinski definition) is 4. The van der Waals surface area contributed by atoms with Crippen LogP contribution in [0, 0.1) is 0 Å². The number of esters is 1. The molecule has 1 aromatic rings. The molecule has 0 aliphatic carbocycles. The maximum absolute atomic E-state index is 12.1. The summed E-state index contributed by atoms with van der Waals surface area (Å²) in [6.45, 7) is 3.62. The summed E-state index contributed by atoms with van der Waals surface area (Å²) in [5, 5.41) is 0. The Kier molecular flexibility index (Phi) is 5.02. The molecule has 4 nitrogen and oxygen atoms in total. The quantitative estimate of drug-likeness (QED) is 0.776. The normalized spacial score (nSPS) is 11.0. The zero-order valence-electron chi connectivity index (χ0n) is 10.4. The molecule has 0 fully saturated rings. The molecule has 19 heavy (non-hydrogen) atoms. The van der Waals surface area contributed by atoms with Crippen molar-refractivity contribution in [3.8, 4) is 11.5 Å². The lowest BCUT2D eigenvalue weighted by Crippen LogP contribution is -2.17.